The Balaban J connectivity index is 1.19. The third-order valence-electron chi connectivity index (χ3n) is 6.65. The van der Waals surface area contributed by atoms with Crippen LogP contribution in [0, 0.1) is 19.8 Å². The molecule has 1 amide bonds. The highest BCUT2D eigenvalue weighted by Gasteiger charge is 2.15. The lowest BCUT2D eigenvalue weighted by molar-refractivity contribution is -0.120. The van der Waals surface area contributed by atoms with Crippen molar-refractivity contribution in [3.8, 4) is 5.75 Å². The van der Waals surface area contributed by atoms with Crippen LogP contribution in [0.1, 0.15) is 53.5 Å². The van der Waals surface area contributed by atoms with Crippen molar-refractivity contribution in [2.24, 2.45) is 5.92 Å². The zero-order valence-corrected chi connectivity index (χ0v) is 20.5. The second kappa shape index (κ2) is 11.3. The van der Waals surface area contributed by atoms with E-state index >= 15 is 0 Å². The highest BCUT2D eigenvalue weighted by atomic mass is 16.5. The fourth-order valence-corrected chi connectivity index (χ4v) is 4.26. The summed E-state index contributed by atoms with van der Waals surface area (Å²) in [4.78, 5) is 14.9. The van der Waals surface area contributed by atoms with Crippen LogP contribution in [0.15, 0.2) is 53.1 Å². The van der Waals surface area contributed by atoms with Crippen LogP contribution >= 0.6 is 0 Å². The zero-order chi connectivity index (χ0) is 23.9. The second-order valence-electron chi connectivity index (χ2n) is 9.46. The van der Waals surface area contributed by atoms with Gasteiger partial charge in [0, 0.05) is 13.1 Å². The highest BCUT2D eigenvalue weighted by Crippen LogP contribution is 2.19. The van der Waals surface area contributed by atoms with Crippen LogP contribution in [-0.2, 0) is 30.9 Å². The first-order valence-electron chi connectivity index (χ1n) is 12.2. The van der Waals surface area contributed by atoms with Gasteiger partial charge in [0.15, 0.2) is 0 Å². The summed E-state index contributed by atoms with van der Waals surface area (Å²) in [5.41, 5.74) is 5.22. The molecule has 0 unspecified atom stereocenters. The maximum Gasteiger partial charge on any atom is 0.224 e. The fraction of sp³-hybridized carbons (Fsp3) is 0.429. The average Bonchev–Trinajstić information content (AvgIpc) is 3.16. The first kappa shape index (κ1) is 24.0. The van der Waals surface area contributed by atoms with E-state index in [1.165, 1.54) is 31.5 Å². The molecule has 0 atom stereocenters. The molecule has 1 aromatic heterocycles. The largest absolute Gasteiger partial charge is 0.489 e. The van der Waals surface area contributed by atoms with Crippen molar-refractivity contribution in [3.05, 3.63) is 82.2 Å². The van der Waals surface area contributed by atoms with E-state index in [0.717, 1.165) is 46.4 Å². The molecule has 1 saturated heterocycles. The Kier molecular flexibility index (Phi) is 8.01. The number of aromatic nitrogens is 1. The van der Waals surface area contributed by atoms with E-state index in [4.69, 9.17) is 9.26 Å². The number of rotatable bonds is 9. The van der Waals surface area contributed by atoms with Gasteiger partial charge in [0.1, 0.15) is 18.1 Å². The lowest BCUT2D eigenvalue weighted by Crippen LogP contribution is -2.32. The Hall–Kier alpha value is -3.12. The molecule has 3 aromatic rings. The number of hydrogen-bond acceptors (Lipinski definition) is 5. The average molecular weight is 462 g/mol. The van der Waals surface area contributed by atoms with Crippen molar-refractivity contribution in [3.63, 3.8) is 0 Å². The number of ether oxygens (including phenoxy) is 1. The molecule has 1 N–H and O–H groups in total. The minimum atomic E-state index is 0.0101. The predicted octanol–water partition coefficient (Wildman–Crippen LogP) is 4.96. The third kappa shape index (κ3) is 6.70. The lowest BCUT2D eigenvalue weighted by Gasteiger charge is -2.30. The van der Waals surface area contributed by atoms with E-state index < -0.39 is 0 Å². The lowest BCUT2D eigenvalue weighted by atomic mass is 9.99. The SMILES string of the molecule is Cc1noc(C)c1COc1ccc(CC(=O)NCc2ccc(CN3CCC(C)CC3)cc2)cc1. The van der Waals surface area contributed by atoms with Gasteiger partial charge in [0.05, 0.1) is 17.7 Å². The van der Waals surface area contributed by atoms with Crippen molar-refractivity contribution in [1.82, 2.24) is 15.4 Å². The zero-order valence-electron chi connectivity index (χ0n) is 20.5. The van der Waals surface area contributed by atoms with Crippen molar-refractivity contribution in [1.29, 1.82) is 0 Å². The number of carbonyl (C=O) groups excluding carboxylic acids is 1. The Morgan fingerprint density at radius 1 is 1.03 bits per heavy atom. The Morgan fingerprint density at radius 3 is 2.32 bits per heavy atom. The van der Waals surface area contributed by atoms with Crippen molar-refractivity contribution < 1.29 is 14.1 Å². The summed E-state index contributed by atoms with van der Waals surface area (Å²) in [6, 6.07) is 16.2. The maximum absolute atomic E-state index is 12.4. The van der Waals surface area contributed by atoms with E-state index in [1.54, 1.807) is 0 Å². The minimum Gasteiger partial charge on any atom is -0.489 e. The molecule has 0 saturated carbocycles. The summed E-state index contributed by atoms with van der Waals surface area (Å²) in [5.74, 6) is 2.39. The van der Waals surface area contributed by atoms with Crippen LogP contribution < -0.4 is 10.1 Å². The highest BCUT2D eigenvalue weighted by molar-refractivity contribution is 5.78. The van der Waals surface area contributed by atoms with Crippen molar-refractivity contribution in [2.45, 2.75) is 59.7 Å². The maximum atomic E-state index is 12.4. The van der Waals surface area contributed by atoms with Crippen LogP contribution in [0.5, 0.6) is 5.75 Å². The van der Waals surface area contributed by atoms with Gasteiger partial charge < -0.3 is 14.6 Å². The van der Waals surface area contributed by atoms with Gasteiger partial charge >= 0.3 is 0 Å². The monoisotopic (exact) mass is 461 g/mol. The second-order valence-corrected chi connectivity index (χ2v) is 9.46. The molecule has 1 fully saturated rings. The normalized spacial score (nSPS) is 14.8. The molecule has 2 aromatic carbocycles. The van der Waals surface area contributed by atoms with E-state index in [9.17, 15) is 4.79 Å². The van der Waals surface area contributed by atoms with Crippen LogP contribution in [0.4, 0.5) is 0 Å². The molecule has 1 aliphatic heterocycles. The summed E-state index contributed by atoms with van der Waals surface area (Å²) in [6.45, 7) is 10.5. The van der Waals surface area contributed by atoms with Crippen LogP contribution in [-0.4, -0.2) is 29.1 Å². The number of aryl methyl sites for hydroxylation is 2. The van der Waals surface area contributed by atoms with Crippen LogP contribution in [0.3, 0.4) is 0 Å². The number of amides is 1. The molecule has 0 radical (unpaired) electrons. The summed E-state index contributed by atoms with van der Waals surface area (Å²) in [6.07, 6.45) is 2.93. The summed E-state index contributed by atoms with van der Waals surface area (Å²) < 4.78 is 11.0. The number of benzene rings is 2. The molecule has 6 heteroatoms. The van der Waals surface area contributed by atoms with Gasteiger partial charge in [0.2, 0.25) is 5.91 Å². The molecule has 0 spiro atoms. The summed E-state index contributed by atoms with van der Waals surface area (Å²) >= 11 is 0. The molecule has 180 valence electrons. The number of carbonyl (C=O) groups is 1. The minimum absolute atomic E-state index is 0.0101. The van der Waals surface area contributed by atoms with Gasteiger partial charge in [0.25, 0.3) is 0 Å². The topological polar surface area (TPSA) is 67.6 Å². The first-order chi connectivity index (χ1) is 16.5. The molecule has 34 heavy (non-hydrogen) atoms. The number of piperidine rings is 1. The number of likely N-dealkylation sites (tertiary alicyclic amines) is 1. The van der Waals surface area contributed by atoms with Gasteiger partial charge in [-0.15, -0.1) is 0 Å². The quantitative estimate of drug-likeness (QED) is 0.488. The summed E-state index contributed by atoms with van der Waals surface area (Å²) in [5, 5.41) is 6.97. The summed E-state index contributed by atoms with van der Waals surface area (Å²) in [7, 11) is 0. The molecule has 1 aliphatic rings. The number of nitrogens with one attached hydrogen (secondary N) is 1. The third-order valence-corrected chi connectivity index (χ3v) is 6.65. The predicted molar refractivity (Wildman–Crippen MR) is 132 cm³/mol. The Morgan fingerprint density at radius 2 is 1.68 bits per heavy atom. The van der Waals surface area contributed by atoms with Gasteiger partial charge in [-0.3, -0.25) is 9.69 Å². The van der Waals surface area contributed by atoms with Crippen molar-refractivity contribution in [2.75, 3.05) is 13.1 Å². The first-order valence-corrected chi connectivity index (χ1v) is 12.2. The number of nitrogens with zero attached hydrogens (tertiary/aromatic N) is 2. The van der Waals surface area contributed by atoms with Gasteiger partial charge in [-0.2, -0.15) is 0 Å². The Labute approximate surface area is 202 Å². The molecule has 2 heterocycles. The molecule has 0 aliphatic carbocycles. The van der Waals surface area contributed by atoms with E-state index in [0.29, 0.717) is 19.6 Å². The van der Waals surface area contributed by atoms with E-state index in [1.807, 2.05) is 38.1 Å². The molecule has 6 nitrogen and oxygen atoms in total. The Bertz CT molecular complexity index is 1050. The van der Waals surface area contributed by atoms with Gasteiger partial charge in [-0.05, 0) is 74.5 Å². The van der Waals surface area contributed by atoms with Crippen LogP contribution in [0.25, 0.3) is 0 Å². The molecule has 0 bridgehead atoms. The van der Waals surface area contributed by atoms with Gasteiger partial charge in [-0.1, -0.05) is 48.5 Å². The van der Waals surface area contributed by atoms with E-state index in [2.05, 4.69) is 46.6 Å². The molecule has 4 rings (SSSR count). The van der Waals surface area contributed by atoms with Crippen LogP contribution in [0.2, 0.25) is 0 Å². The smallest absolute Gasteiger partial charge is 0.224 e. The standard InChI is InChI=1S/C28H35N3O3/c1-20-12-14-31(15-13-20)18-25-6-4-24(5-7-25)17-29-28(32)16-23-8-10-26(11-9-23)33-19-27-21(2)30-34-22(27)3/h4-11,20H,12-19H2,1-3H3,(H,29,32). The molecular formula is C28H35N3O3. The van der Waals surface area contributed by atoms with Crippen molar-refractivity contribution >= 4 is 5.91 Å². The number of hydrogen-bond donors (Lipinski definition) is 1. The van der Waals surface area contributed by atoms with E-state index in [-0.39, 0.29) is 5.91 Å². The molecular weight excluding hydrogens is 426 g/mol. The fourth-order valence-electron chi connectivity index (χ4n) is 4.26. The van der Waals surface area contributed by atoms with Gasteiger partial charge in [-0.25, -0.2) is 0 Å².